The Balaban J connectivity index is 1.77. The number of primary amides is 1. The van der Waals surface area contributed by atoms with Crippen LogP contribution in [-0.2, 0) is 26.6 Å². The number of sulfonamides is 1. The number of alkyl halides is 3. The van der Waals surface area contributed by atoms with Crippen molar-refractivity contribution < 1.29 is 35.9 Å². The molecule has 5 N–H and O–H groups in total. The number of amides is 1. The number of rotatable bonds is 9. The van der Waals surface area contributed by atoms with E-state index >= 15 is 0 Å². The molecule has 0 aliphatic heterocycles. The molecule has 0 saturated heterocycles. The molecule has 13 heteroatoms. The van der Waals surface area contributed by atoms with Gasteiger partial charge in [-0.3, -0.25) is 4.79 Å². The average Bonchev–Trinajstić information content (AvgIpc) is 3.29. The van der Waals surface area contributed by atoms with Gasteiger partial charge in [0, 0.05) is 18.3 Å². The first-order valence-electron chi connectivity index (χ1n) is 10.1. The van der Waals surface area contributed by atoms with Gasteiger partial charge in [-0.05, 0) is 42.8 Å². The van der Waals surface area contributed by atoms with Crippen LogP contribution in [0.3, 0.4) is 0 Å². The highest BCUT2D eigenvalue weighted by atomic mass is 32.2. The number of anilines is 1. The number of thiophene rings is 1. The number of aliphatic hydroxyl groups is 1. The maximum atomic E-state index is 13.3. The number of nitrogens with two attached hydrogens (primary N) is 1. The highest BCUT2D eigenvalue weighted by Gasteiger charge is 2.40. The molecule has 188 valence electrons. The van der Waals surface area contributed by atoms with E-state index < -0.39 is 50.8 Å². The minimum absolute atomic E-state index is 0.0246. The van der Waals surface area contributed by atoms with E-state index in [0.717, 1.165) is 12.1 Å². The molecule has 3 rings (SSSR count). The lowest BCUT2D eigenvalue weighted by molar-refractivity contribution is -0.137. The molecule has 0 aliphatic rings. The van der Waals surface area contributed by atoms with E-state index in [1.165, 1.54) is 31.2 Å². The largest absolute Gasteiger partial charge is 0.418 e. The predicted octanol–water partition coefficient (Wildman–Crippen LogP) is 3.41. The van der Waals surface area contributed by atoms with Gasteiger partial charge < -0.3 is 16.2 Å². The van der Waals surface area contributed by atoms with Crippen molar-refractivity contribution in [2.75, 3.05) is 11.9 Å². The Hall–Kier alpha value is -3.00. The van der Waals surface area contributed by atoms with Gasteiger partial charge in [-0.1, -0.05) is 30.3 Å². The van der Waals surface area contributed by atoms with Crippen molar-refractivity contribution in [3.05, 3.63) is 82.5 Å². The van der Waals surface area contributed by atoms with Gasteiger partial charge in [0.25, 0.3) is 5.91 Å². The van der Waals surface area contributed by atoms with Crippen LogP contribution < -0.4 is 15.8 Å². The summed E-state index contributed by atoms with van der Waals surface area (Å²) in [7, 11) is -4.17. The fraction of sp³-hybridized carbons (Fsp3) is 0.227. The summed E-state index contributed by atoms with van der Waals surface area (Å²) in [6.07, 6.45) is -4.81. The van der Waals surface area contributed by atoms with Gasteiger partial charge in [-0.15, -0.1) is 11.3 Å². The van der Waals surface area contributed by atoms with Gasteiger partial charge in [0.15, 0.2) is 0 Å². The first-order chi connectivity index (χ1) is 16.2. The van der Waals surface area contributed by atoms with E-state index in [1.807, 2.05) is 0 Å². The Morgan fingerprint density at radius 2 is 1.77 bits per heavy atom. The predicted molar refractivity (Wildman–Crippen MR) is 123 cm³/mol. The molecule has 0 radical (unpaired) electrons. The number of hydrogen-bond acceptors (Lipinski definition) is 6. The van der Waals surface area contributed by atoms with Crippen LogP contribution in [0.15, 0.2) is 64.9 Å². The molecule has 35 heavy (non-hydrogen) atoms. The van der Waals surface area contributed by atoms with Crippen LogP contribution in [0.2, 0.25) is 0 Å². The van der Waals surface area contributed by atoms with Gasteiger partial charge >= 0.3 is 6.18 Å². The van der Waals surface area contributed by atoms with E-state index in [2.05, 4.69) is 10.0 Å². The molecule has 2 aromatic carbocycles. The average molecular weight is 532 g/mol. The van der Waals surface area contributed by atoms with E-state index in [-0.39, 0.29) is 21.2 Å². The van der Waals surface area contributed by atoms with E-state index in [1.54, 1.807) is 18.2 Å². The van der Waals surface area contributed by atoms with Crippen molar-refractivity contribution in [1.29, 1.82) is 0 Å². The molecule has 1 aromatic heterocycles. The van der Waals surface area contributed by atoms with Crippen LogP contribution in [0.1, 0.15) is 22.9 Å². The van der Waals surface area contributed by atoms with Crippen LogP contribution in [0.4, 0.5) is 23.2 Å². The quantitative estimate of drug-likeness (QED) is 0.316. The van der Waals surface area contributed by atoms with E-state index in [0.29, 0.717) is 17.4 Å². The van der Waals surface area contributed by atoms with Gasteiger partial charge in [0.1, 0.15) is 10.0 Å². The molecule has 0 aliphatic carbocycles. The molecule has 0 fully saturated rings. The summed E-state index contributed by atoms with van der Waals surface area (Å²) in [4.78, 5) is 12.1. The minimum atomic E-state index is -4.81. The van der Waals surface area contributed by atoms with Crippen molar-refractivity contribution in [3.63, 3.8) is 0 Å². The lowest BCUT2D eigenvalue weighted by Crippen LogP contribution is -2.41. The smallest absolute Gasteiger partial charge is 0.383 e. The summed E-state index contributed by atoms with van der Waals surface area (Å²) in [6, 6.07) is 11.4. The molecule has 0 spiro atoms. The Morgan fingerprint density at radius 3 is 2.37 bits per heavy atom. The topological polar surface area (TPSA) is 122 Å². The number of carbonyl (C=O) groups is 1. The van der Waals surface area contributed by atoms with Crippen molar-refractivity contribution >= 4 is 33.0 Å². The van der Waals surface area contributed by atoms with Gasteiger partial charge in [0.2, 0.25) is 15.6 Å². The fourth-order valence-electron chi connectivity index (χ4n) is 3.28. The number of carbonyl (C=O) groups excluding carboxylic acids is 1. The molecule has 1 heterocycles. The Bertz CT molecular complexity index is 1310. The number of halogens is 4. The van der Waals surface area contributed by atoms with Gasteiger partial charge in [0.05, 0.1) is 10.4 Å². The summed E-state index contributed by atoms with van der Waals surface area (Å²) < 4.78 is 80.4. The first-order valence-corrected chi connectivity index (χ1v) is 12.4. The number of nitrogens with one attached hydrogen (secondary N) is 2. The Labute approximate surface area is 202 Å². The first kappa shape index (κ1) is 26.6. The van der Waals surface area contributed by atoms with Crippen molar-refractivity contribution in [3.8, 4) is 0 Å². The zero-order chi connectivity index (χ0) is 26.0. The fourth-order valence-corrected chi connectivity index (χ4v) is 5.96. The lowest BCUT2D eigenvalue weighted by atomic mass is 9.91. The zero-order valence-corrected chi connectivity index (χ0v) is 19.8. The molecule has 0 bridgehead atoms. The van der Waals surface area contributed by atoms with E-state index in [4.69, 9.17) is 5.73 Å². The van der Waals surface area contributed by atoms with Crippen LogP contribution in [0.5, 0.6) is 0 Å². The molecule has 0 saturated carbocycles. The van der Waals surface area contributed by atoms with Crippen molar-refractivity contribution in [2.24, 2.45) is 5.73 Å². The zero-order valence-electron chi connectivity index (χ0n) is 18.1. The number of benzene rings is 2. The molecule has 1 unspecified atom stereocenters. The van der Waals surface area contributed by atoms with Crippen LogP contribution in [-0.4, -0.2) is 32.0 Å². The lowest BCUT2D eigenvalue weighted by Gasteiger charge is -2.23. The van der Waals surface area contributed by atoms with Crippen LogP contribution in [0, 0.1) is 5.82 Å². The molecule has 2 atom stereocenters. The summed E-state index contributed by atoms with van der Waals surface area (Å²) >= 11 is 0.622. The third kappa shape index (κ3) is 5.81. The highest BCUT2D eigenvalue weighted by molar-refractivity contribution is 7.91. The maximum absolute atomic E-state index is 13.3. The molecular formula is C22H21F4N3O4S2. The second-order valence-electron chi connectivity index (χ2n) is 7.65. The van der Waals surface area contributed by atoms with Crippen molar-refractivity contribution in [1.82, 2.24) is 4.72 Å². The Morgan fingerprint density at radius 1 is 1.11 bits per heavy atom. The second-order valence-corrected chi connectivity index (χ2v) is 10.7. The summed E-state index contributed by atoms with van der Waals surface area (Å²) in [5.41, 5.74) is 1.69. The second kappa shape index (κ2) is 9.93. The van der Waals surface area contributed by atoms with Crippen LogP contribution in [0.25, 0.3) is 0 Å². The monoisotopic (exact) mass is 531 g/mol. The normalized spacial score (nSPS) is 14.8. The molecular weight excluding hydrogens is 510 g/mol. The van der Waals surface area contributed by atoms with Gasteiger partial charge in [-0.25, -0.2) is 17.5 Å². The van der Waals surface area contributed by atoms with E-state index in [9.17, 15) is 35.9 Å². The summed E-state index contributed by atoms with van der Waals surface area (Å²) in [5, 5.41) is 13.5. The molecule has 1 amide bonds. The molecule has 7 nitrogen and oxygen atoms in total. The Kier molecular flexibility index (Phi) is 7.55. The SMILES string of the molecule is C[C@H](CNc1ccc(F)cc1C(F)(F)F)NS(=O)(=O)c1ccc(C(O)(C(N)=O)c2ccccc2)s1. The highest BCUT2D eigenvalue weighted by Crippen LogP contribution is 2.37. The minimum Gasteiger partial charge on any atom is -0.383 e. The number of hydrogen-bond donors (Lipinski definition) is 4. The van der Waals surface area contributed by atoms with Gasteiger partial charge in [-0.2, -0.15) is 13.2 Å². The third-order valence-electron chi connectivity index (χ3n) is 4.99. The summed E-state index contributed by atoms with van der Waals surface area (Å²) in [5.74, 6) is -2.16. The standard InChI is InChI=1S/C22H21F4N3O4S2/c1-13(12-28-17-8-7-15(23)11-16(17)22(24,25)26)29-35(32,33)19-10-9-18(34-19)21(31,20(27)30)14-5-3-2-4-6-14/h2-11,13,28-29,31H,12H2,1H3,(H2,27,30)/t13-,21?/m1/s1. The third-order valence-corrected chi connectivity index (χ3v) is 8.27. The van der Waals surface area contributed by atoms with Crippen molar-refractivity contribution in [2.45, 2.75) is 29.0 Å². The summed E-state index contributed by atoms with van der Waals surface area (Å²) in [6.45, 7) is 1.17. The van der Waals surface area contributed by atoms with Crippen LogP contribution >= 0.6 is 11.3 Å². The molecule has 3 aromatic rings. The maximum Gasteiger partial charge on any atom is 0.418 e.